The number of nitrogens with zero attached hydrogens (tertiary/aromatic N) is 1. The van der Waals surface area contributed by atoms with E-state index in [2.05, 4.69) is 0 Å². The van der Waals surface area contributed by atoms with Crippen molar-refractivity contribution in [2.45, 2.75) is 26.2 Å². The molecule has 0 bridgehead atoms. The van der Waals surface area contributed by atoms with Gasteiger partial charge in [0.05, 0.1) is 0 Å². The van der Waals surface area contributed by atoms with E-state index in [-0.39, 0.29) is 18.2 Å². The van der Waals surface area contributed by atoms with E-state index in [1.54, 1.807) is 4.90 Å². The summed E-state index contributed by atoms with van der Waals surface area (Å²) in [5, 5.41) is 8.75. The highest BCUT2D eigenvalue weighted by Gasteiger charge is 2.28. The first-order chi connectivity index (χ1) is 8.56. The van der Waals surface area contributed by atoms with Crippen LogP contribution in [0.1, 0.15) is 24.8 Å². The maximum atomic E-state index is 12.0. The van der Waals surface area contributed by atoms with Gasteiger partial charge >= 0.3 is 5.97 Å². The molecular formula is C14H17NO3. The zero-order valence-electron chi connectivity index (χ0n) is 10.4. The second-order valence-electron chi connectivity index (χ2n) is 4.84. The second kappa shape index (κ2) is 5.21. The third-order valence-corrected chi connectivity index (χ3v) is 3.30. The molecule has 0 radical (unpaired) electrons. The van der Waals surface area contributed by atoms with Crippen LogP contribution in [0.15, 0.2) is 24.3 Å². The molecule has 1 N–H and O–H groups in total. The maximum absolute atomic E-state index is 12.0. The zero-order valence-corrected chi connectivity index (χ0v) is 10.4. The molecular weight excluding hydrogens is 230 g/mol. The lowest BCUT2D eigenvalue weighted by molar-refractivity contribution is -0.138. The van der Waals surface area contributed by atoms with Crippen molar-refractivity contribution in [3.05, 3.63) is 29.8 Å². The van der Waals surface area contributed by atoms with E-state index in [1.807, 2.05) is 31.2 Å². The molecule has 1 aliphatic heterocycles. The Balaban J connectivity index is 2.06. The molecule has 1 aromatic rings. The number of amides is 1. The number of aliphatic carboxylic acids is 1. The Bertz CT molecular complexity index is 470. The minimum Gasteiger partial charge on any atom is -0.481 e. The Morgan fingerprint density at radius 2 is 2.28 bits per heavy atom. The van der Waals surface area contributed by atoms with Gasteiger partial charge in [-0.15, -0.1) is 0 Å². The average molecular weight is 247 g/mol. The van der Waals surface area contributed by atoms with Crippen LogP contribution in [0.5, 0.6) is 0 Å². The predicted octanol–water partition coefficient (Wildman–Crippen LogP) is 2.21. The summed E-state index contributed by atoms with van der Waals surface area (Å²) in [7, 11) is 0. The monoisotopic (exact) mass is 247 g/mol. The van der Waals surface area contributed by atoms with Crippen molar-refractivity contribution in [1.29, 1.82) is 0 Å². The number of hydrogen-bond donors (Lipinski definition) is 1. The molecule has 0 aliphatic carbocycles. The third-order valence-electron chi connectivity index (χ3n) is 3.30. The van der Waals surface area contributed by atoms with Crippen molar-refractivity contribution in [3.63, 3.8) is 0 Å². The molecule has 1 saturated heterocycles. The van der Waals surface area contributed by atoms with Crippen LogP contribution in [0.3, 0.4) is 0 Å². The fourth-order valence-corrected chi connectivity index (χ4v) is 2.39. The molecule has 1 atom stereocenters. The molecule has 2 rings (SSSR count). The summed E-state index contributed by atoms with van der Waals surface area (Å²) in [6.07, 6.45) is 1.18. The molecule has 4 nitrogen and oxygen atoms in total. The summed E-state index contributed by atoms with van der Waals surface area (Å²) in [5.74, 6) is -0.814. The van der Waals surface area contributed by atoms with Gasteiger partial charge in [-0.3, -0.25) is 9.59 Å². The highest BCUT2D eigenvalue weighted by atomic mass is 16.4. The lowest BCUT2D eigenvalue weighted by Crippen LogP contribution is -2.39. The normalized spacial score (nSPS) is 19.9. The number of rotatable bonds is 3. The van der Waals surface area contributed by atoms with Gasteiger partial charge in [0.2, 0.25) is 5.91 Å². The fraction of sp³-hybridized carbons (Fsp3) is 0.429. The predicted molar refractivity (Wildman–Crippen MR) is 68.5 cm³/mol. The van der Waals surface area contributed by atoms with Crippen LogP contribution in [-0.4, -0.2) is 23.5 Å². The number of piperidine rings is 1. The SMILES string of the molecule is Cc1cccc(N2CCC(CC(=O)O)CC2=O)c1. The van der Waals surface area contributed by atoms with Gasteiger partial charge in [-0.1, -0.05) is 12.1 Å². The standard InChI is InChI=1S/C14H17NO3/c1-10-3-2-4-12(7-10)15-6-5-11(8-13(15)16)9-14(17)18/h2-4,7,11H,5-6,8-9H2,1H3,(H,17,18). The summed E-state index contributed by atoms with van der Waals surface area (Å²) in [4.78, 5) is 24.4. The van der Waals surface area contributed by atoms with Crippen molar-refractivity contribution < 1.29 is 14.7 Å². The molecule has 0 spiro atoms. The van der Waals surface area contributed by atoms with Gasteiger partial charge in [0, 0.05) is 25.1 Å². The second-order valence-corrected chi connectivity index (χ2v) is 4.84. The van der Waals surface area contributed by atoms with Crippen LogP contribution in [-0.2, 0) is 9.59 Å². The molecule has 1 heterocycles. The number of carbonyl (C=O) groups is 2. The van der Waals surface area contributed by atoms with Crippen molar-refractivity contribution in [2.24, 2.45) is 5.92 Å². The van der Waals surface area contributed by atoms with E-state index in [1.165, 1.54) is 0 Å². The lowest BCUT2D eigenvalue weighted by atomic mass is 9.92. The number of anilines is 1. The first-order valence-corrected chi connectivity index (χ1v) is 6.15. The fourth-order valence-electron chi connectivity index (χ4n) is 2.39. The molecule has 1 unspecified atom stereocenters. The van der Waals surface area contributed by atoms with Crippen molar-refractivity contribution in [2.75, 3.05) is 11.4 Å². The van der Waals surface area contributed by atoms with Crippen LogP contribution in [0.4, 0.5) is 5.69 Å². The summed E-state index contributed by atoms with van der Waals surface area (Å²) >= 11 is 0. The summed E-state index contributed by atoms with van der Waals surface area (Å²) in [6, 6.07) is 7.82. The van der Waals surface area contributed by atoms with Gasteiger partial charge in [0.25, 0.3) is 0 Å². The van der Waals surface area contributed by atoms with Gasteiger partial charge in [0.15, 0.2) is 0 Å². The van der Waals surface area contributed by atoms with Crippen LogP contribution >= 0.6 is 0 Å². The van der Waals surface area contributed by atoms with E-state index < -0.39 is 5.97 Å². The Morgan fingerprint density at radius 1 is 1.50 bits per heavy atom. The zero-order chi connectivity index (χ0) is 13.1. The van der Waals surface area contributed by atoms with Crippen molar-refractivity contribution in [1.82, 2.24) is 0 Å². The van der Waals surface area contributed by atoms with Gasteiger partial charge in [0.1, 0.15) is 0 Å². The van der Waals surface area contributed by atoms with Crippen LogP contribution in [0, 0.1) is 12.8 Å². The molecule has 18 heavy (non-hydrogen) atoms. The van der Waals surface area contributed by atoms with E-state index in [4.69, 9.17) is 5.11 Å². The van der Waals surface area contributed by atoms with Gasteiger partial charge in [-0.25, -0.2) is 0 Å². The molecule has 1 aliphatic rings. The number of benzene rings is 1. The van der Waals surface area contributed by atoms with Crippen LogP contribution in [0.25, 0.3) is 0 Å². The number of aryl methyl sites for hydroxylation is 1. The number of carboxylic acids is 1. The Kier molecular flexibility index (Phi) is 3.65. The number of carboxylic acid groups (broad SMARTS) is 1. The Morgan fingerprint density at radius 3 is 2.89 bits per heavy atom. The number of hydrogen-bond acceptors (Lipinski definition) is 2. The van der Waals surface area contributed by atoms with E-state index in [0.717, 1.165) is 17.7 Å². The van der Waals surface area contributed by atoms with Crippen LogP contribution < -0.4 is 4.90 Å². The van der Waals surface area contributed by atoms with Crippen molar-refractivity contribution in [3.8, 4) is 0 Å². The quantitative estimate of drug-likeness (QED) is 0.891. The first kappa shape index (κ1) is 12.6. The van der Waals surface area contributed by atoms with E-state index in [9.17, 15) is 9.59 Å². The highest BCUT2D eigenvalue weighted by Crippen LogP contribution is 2.26. The van der Waals surface area contributed by atoms with Gasteiger partial charge in [-0.2, -0.15) is 0 Å². The average Bonchev–Trinajstić information content (AvgIpc) is 2.28. The number of carbonyl (C=O) groups excluding carboxylic acids is 1. The van der Waals surface area contributed by atoms with E-state index >= 15 is 0 Å². The molecule has 0 aromatic heterocycles. The smallest absolute Gasteiger partial charge is 0.303 e. The molecule has 96 valence electrons. The summed E-state index contributed by atoms with van der Waals surface area (Å²) < 4.78 is 0. The molecule has 4 heteroatoms. The van der Waals surface area contributed by atoms with Gasteiger partial charge < -0.3 is 10.0 Å². The molecule has 1 amide bonds. The molecule has 1 fully saturated rings. The summed E-state index contributed by atoms with van der Waals surface area (Å²) in [6.45, 7) is 2.60. The van der Waals surface area contributed by atoms with Gasteiger partial charge in [-0.05, 0) is 37.0 Å². The minimum atomic E-state index is -0.822. The maximum Gasteiger partial charge on any atom is 0.303 e. The summed E-state index contributed by atoms with van der Waals surface area (Å²) in [5.41, 5.74) is 2.03. The Hall–Kier alpha value is -1.84. The Labute approximate surface area is 106 Å². The first-order valence-electron chi connectivity index (χ1n) is 6.15. The lowest BCUT2D eigenvalue weighted by Gasteiger charge is -2.31. The molecule has 1 aromatic carbocycles. The van der Waals surface area contributed by atoms with Crippen LogP contribution in [0.2, 0.25) is 0 Å². The largest absolute Gasteiger partial charge is 0.481 e. The van der Waals surface area contributed by atoms with Crippen molar-refractivity contribution >= 4 is 17.6 Å². The minimum absolute atomic E-state index is 0.0175. The highest BCUT2D eigenvalue weighted by molar-refractivity contribution is 5.94. The molecule has 0 saturated carbocycles. The topological polar surface area (TPSA) is 57.6 Å². The van der Waals surface area contributed by atoms with E-state index in [0.29, 0.717) is 13.0 Å². The third kappa shape index (κ3) is 2.88.